The Labute approximate surface area is 137 Å². The van der Waals surface area contributed by atoms with Crippen LogP contribution in [0.3, 0.4) is 0 Å². The Kier molecular flexibility index (Phi) is 5.35. The highest BCUT2D eigenvalue weighted by atomic mass is 16.5. The van der Waals surface area contributed by atoms with Gasteiger partial charge in [-0.1, -0.05) is 12.1 Å². The second-order valence-corrected chi connectivity index (χ2v) is 6.05. The van der Waals surface area contributed by atoms with Crippen LogP contribution in [0.5, 0.6) is 5.75 Å². The number of methoxy groups -OCH3 is 1. The molecule has 0 spiro atoms. The van der Waals surface area contributed by atoms with Crippen LogP contribution >= 0.6 is 0 Å². The van der Waals surface area contributed by atoms with E-state index in [2.05, 4.69) is 10.2 Å². The summed E-state index contributed by atoms with van der Waals surface area (Å²) in [6, 6.07) is 7.40. The van der Waals surface area contributed by atoms with Gasteiger partial charge in [-0.2, -0.15) is 0 Å². The van der Waals surface area contributed by atoms with E-state index >= 15 is 0 Å². The van der Waals surface area contributed by atoms with Crippen molar-refractivity contribution in [2.45, 2.75) is 18.9 Å². The third-order valence-corrected chi connectivity index (χ3v) is 4.49. The molecule has 1 aromatic rings. The predicted octanol–water partition coefficient (Wildman–Crippen LogP) is 2.02. The number of rotatable bonds is 4. The van der Waals surface area contributed by atoms with Gasteiger partial charge < -0.3 is 19.7 Å². The molecule has 2 heterocycles. The van der Waals surface area contributed by atoms with Crippen molar-refractivity contribution in [2.24, 2.45) is 0 Å². The number of nitrogens with one attached hydrogen (secondary N) is 1. The Morgan fingerprint density at radius 1 is 1.30 bits per heavy atom. The topological polar surface area (TPSA) is 54.0 Å². The molecule has 1 atom stereocenters. The fraction of sp³-hybridized carbons (Fsp3) is 0.588. The van der Waals surface area contributed by atoms with Crippen molar-refractivity contribution in [3.05, 3.63) is 24.3 Å². The lowest BCUT2D eigenvalue weighted by Gasteiger charge is -2.35. The van der Waals surface area contributed by atoms with Gasteiger partial charge in [0.15, 0.2) is 0 Å². The van der Waals surface area contributed by atoms with Gasteiger partial charge in [0, 0.05) is 39.3 Å². The molecule has 2 aliphatic rings. The number of anilines is 1. The fourth-order valence-corrected chi connectivity index (χ4v) is 3.15. The standard InChI is InChI=1S/C17H25N3O3/c1-22-16-7-3-2-6-15(16)18-17(21)20-10-8-19(9-11-20)13-14-5-4-12-23-14/h2-3,6-7,14H,4-5,8-13H2,1H3,(H,18,21). The molecule has 2 amide bonds. The summed E-state index contributed by atoms with van der Waals surface area (Å²) < 4.78 is 11.0. The van der Waals surface area contributed by atoms with E-state index in [4.69, 9.17) is 9.47 Å². The van der Waals surface area contributed by atoms with Gasteiger partial charge >= 0.3 is 6.03 Å². The quantitative estimate of drug-likeness (QED) is 0.922. The Balaban J connectivity index is 1.48. The number of nitrogens with zero attached hydrogens (tertiary/aromatic N) is 2. The second kappa shape index (κ2) is 7.66. The van der Waals surface area contributed by atoms with Gasteiger partial charge in [-0.25, -0.2) is 4.79 Å². The summed E-state index contributed by atoms with van der Waals surface area (Å²) in [7, 11) is 1.61. The van der Waals surface area contributed by atoms with Gasteiger partial charge in [-0.3, -0.25) is 4.90 Å². The molecule has 2 fully saturated rings. The Hall–Kier alpha value is -1.79. The normalized spacial score (nSPS) is 22.1. The van der Waals surface area contributed by atoms with E-state index in [1.807, 2.05) is 29.2 Å². The maximum atomic E-state index is 12.4. The average Bonchev–Trinajstić information content (AvgIpc) is 3.09. The van der Waals surface area contributed by atoms with Crippen LogP contribution < -0.4 is 10.1 Å². The minimum atomic E-state index is -0.0636. The van der Waals surface area contributed by atoms with Crippen LogP contribution in [0.1, 0.15) is 12.8 Å². The van der Waals surface area contributed by atoms with Crippen LogP contribution in [0.4, 0.5) is 10.5 Å². The molecule has 1 unspecified atom stereocenters. The number of urea groups is 1. The van der Waals surface area contributed by atoms with Crippen LogP contribution in [-0.4, -0.2) is 68.4 Å². The molecule has 2 aliphatic heterocycles. The smallest absolute Gasteiger partial charge is 0.322 e. The van der Waals surface area contributed by atoms with Crippen LogP contribution in [-0.2, 0) is 4.74 Å². The zero-order valence-corrected chi connectivity index (χ0v) is 13.7. The first-order valence-corrected chi connectivity index (χ1v) is 8.29. The second-order valence-electron chi connectivity index (χ2n) is 6.05. The van der Waals surface area contributed by atoms with Crippen molar-refractivity contribution in [3.8, 4) is 5.75 Å². The molecule has 0 radical (unpaired) electrons. The lowest BCUT2D eigenvalue weighted by atomic mass is 10.2. The zero-order chi connectivity index (χ0) is 16.1. The summed E-state index contributed by atoms with van der Waals surface area (Å²) in [5.41, 5.74) is 0.710. The molecule has 0 aromatic heterocycles. The highest BCUT2D eigenvalue weighted by molar-refractivity contribution is 5.91. The lowest BCUT2D eigenvalue weighted by molar-refractivity contribution is 0.0571. The molecule has 0 aliphatic carbocycles. The summed E-state index contributed by atoms with van der Waals surface area (Å²) in [4.78, 5) is 16.7. The molecular weight excluding hydrogens is 294 g/mol. The molecule has 126 valence electrons. The number of para-hydroxylation sites is 2. The van der Waals surface area contributed by atoms with Crippen LogP contribution in [0.15, 0.2) is 24.3 Å². The number of carbonyl (C=O) groups is 1. The first kappa shape index (κ1) is 16.1. The fourth-order valence-electron chi connectivity index (χ4n) is 3.15. The van der Waals surface area contributed by atoms with E-state index in [9.17, 15) is 4.79 Å². The highest BCUT2D eigenvalue weighted by Crippen LogP contribution is 2.23. The molecule has 6 nitrogen and oxygen atoms in total. The third kappa shape index (κ3) is 4.14. The Morgan fingerprint density at radius 2 is 2.09 bits per heavy atom. The van der Waals surface area contributed by atoms with Gasteiger partial charge in [-0.05, 0) is 25.0 Å². The molecule has 1 N–H and O–H groups in total. The molecule has 23 heavy (non-hydrogen) atoms. The molecule has 0 bridgehead atoms. The van der Waals surface area contributed by atoms with E-state index in [1.165, 1.54) is 6.42 Å². The van der Waals surface area contributed by atoms with Crippen molar-refractivity contribution >= 4 is 11.7 Å². The van der Waals surface area contributed by atoms with Crippen molar-refractivity contribution in [3.63, 3.8) is 0 Å². The lowest BCUT2D eigenvalue weighted by Crippen LogP contribution is -2.51. The monoisotopic (exact) mass is 319 g/mol. The molecule has 6 heteroatoms. The van der Waals surface area contributed by atoms with Crippen LogP contribution in [0.25, 0.3) is 0 Å². The Morgan fingerprint density at radius 3 is 2.78 bits per heavy atom. The van der Waals surface area contributed by atoms with Crippen molar-refractivity contribution in [1.82, 2.24) is 9.80 Å². The minimum Gasteiger partial charge on any atom is -0.495 e. The summed E-state index contributed by atoms with van der Waals surface area (Å²) in [6.07, 6.45) is 2.71. The first-order valence-electron chi connectivity index (χ1n) is 8.29. The number of ether oxygens (including phenoxy) is 2. The zero-order valence-electron chi connectivity index (χ0n) is 13.7. The largest absolute Gasteiger partial charge is 0.495 e. The van der Waals surface area contributed by atoms with E-state index in [-0.39, 0.29) is 6.03 Å². The number of hydrogen-bond acceptors (Lipinski definition) is 4. The Bertz CT molecular complexity index is 524. The van der Waals surface area contributed by atoms with Gasteiger partial charge in [-0.15, -0.1) is 0 Å². The number of carbonyl (C=O) groups excluding carboxylic acids is 1. The van der Waals surface area contributed by atoms with Crippen molar-refractivity contribution in [1.29, 1.82) is 0 Å². The first-order chi connectivity index (χ1) is 11.3. The number of benzene rings is 1. The summed E-state index contributed by atoms with van der Waals surface area (Å²) in [5.74, 6) is 0.679. The summed E-state index contributed by atoms with van der Waals surface area (Å²) in [5, 5.41) is 2.94. The number of piperazine rings is 1. The van der Waals surface area contributed by atoms with Crippen molar-refractivity contribution in [2.75, 3.05) is 51.8 Å². The minimum absolute atomic E-state index is 0.0636. The number of amides is 2. The highest BCUT2D eigenvalue weighted by Gasteiger charge is 2.25. The van der Waals surface area contributed by atoms with Gasteiger partial charge in [0.25, 0.3) is 0 Å². The van der Waals surface area contributed by atoms with Gasteiger partial charge in [0.05, 0.1) is 18.9 Å². The molecule has 0 saturated carbocycles. The van der Waals surface area contributed by atoms with Crippen molar-refractivity contribution < 1.29 is 14.3 Å². The maximum Gasteiger partial charge on any atom is 0.322 e. The number of hydrogen-bond donors (Lipinski definition) is 1. The van der Waals surface area contributed by atoms with Gasteiger partial charge in [0.2, 0.25) is 0 Å². The van der Waals surface area contributed by atoms with Crippen LogP contribution in [0.2, 0.25) is 0 Å². The third-order valence-electron chi connectivity index (χ3n) is 4.49. The predicted molar refractivity (Wildman–Crippen MR) is 89.0 cm³/mol. The maximum absolute atomic E-state index is 12.4. The van der Waals surface area contributed by atoms with Crippen LogP contribution in [0, 0.1) is 0 Å². The average molecular weight is 319 g/mol. The van der Waals surface area contributed by atoms with E-state index < -0.39 is 0 Å². The summed E-state index contributed by atoms with van der Waals surface area (Å²) >= 11 is 0. The molecule has 3 rings (SSSR count). The molecule has 1 aromatic carbocycles. The molecule has 2 saturated heterocycles. The molecular formula is C17H25N3O3. The van der Waals surface area contributed by atoms with Gasteiger partial charge in [0.1, 0.15) is 5.75 Å². The van der Waals surface area contributed by atoms with E-state index in [0.717, 1.165) is 45.8 Å². The van der Waals surface area contributed by atoms with E-state index in [1.54, 1.807) is 7.11 Å². The van der Waals surface area contributed by atoms with E-state index in [0.29, 0.717) is 17.5 Å². The SMILES string of the molecule is COc1ccccc1NC(=O)N1CCN(CC2CCCO2)CC1. The summed E-state index contributed by atoms with van der Waals surface area (Å²) in [6.45, 7) is 5.17.